The van der Waals surface area contributed by atoms with Crippen LogP contribution in [0.15, 0.2) is 0 Å². The van der Waals surface area contributed by atoms with E-state index in [1.54, 1.807) is 13.8 Å². The highest BCUT2D eigenvalue weighted by molar-refractivity contribution is 7.87. The minimum atomic E-state index is -3.37. The van der Waals surface area contributed by atoms with Gasteiger partial charge in [0.15, 0.2) is 0 Å². The number of hydrogen-bond donors (Lipinski definition) is 3. The average Bonchev–Trinajstić information content (AvgIpc) is 1.95. The molecule has 0 aromatic rings. The van der Waals surface area contributed by atoms with E-state index >= 15 is 0 Å². The molecule has 1 saturated carbocycles. The Bertz CT molecular complexity index is 288. The fourth-order valence-corrected chi connectivity index (χ4v) is 2.58. The topological polar surface area (TPSA) is 84.2 Å². The van der Waals surface area contributed by atoms with Crippen molar-refractivity contribution < 1.29 is 8.42 Å². The van der Waals surface area contributed by atoms with E-state index in [0.29, 0.717) is 6.54 Å². The van der Waals surface area contributed by atoms with Gasteiger partial charge in [-0.1, -0.05) is 0 Å². The molecule has 0 amide bonds. The van der Waals surface area contributed by atoms with Gasteiger partial charge in [0.2, 0.25) is 0 Å². The third-order valence-corrected chi connectivity index (χ3v) is 3.66. The van der Waals surface area contributed by atoms with Crippen LogP contribution < -0.4 is 15.2 Å². The maximum atomic E-state index is 11.3. The van der Waals surface area contributed by atoms with E-state index in [2.05, 4.69) is 9.44 Å². The maximum Gasteiger partial charge on any atom is 0.277 e. The normalized spacial score (nSPS) is 19.5. The summed E-state index contributed by atoms with van der Waals surface area (Å²) in [4.78, 5) is 0. The highest BCUT2D eigenvalue weighted by atomic mass is 35.5. The molecule has 1 aliphatic carbocycles. The SMILES string of the molecule is CC(C)NS(=O)(=O)NCC1(N)CCC1.Cl. The van der Waals surface area contributed by atoms with Crippen molar-refractivity contribution in [3.8, 4) is 0 Å². The Hall–Kier alpha value is 0.120. The Morgan fingerprint density at radius 2 is 1.93 bits per heavy atom. The van der Waals surface area contributed by atoms with Crippen LogP contribution in [0.4, 0.5) is 0 Å². The molecule has 7 heteroatoms. The lowest BCUT2D eigenvalue weighted by Gasteiger charge is -2.38. The molecule has 0 atom stereocenters. The minimum absolute atomic E-state index is 0. The van der Waals surface area contributed by atoms with Gasteiger partial charge in [0.25, 0.3) is 10.2 Å². The highest BCUT2D eigenvalue weighted by Gasteiger charge is 2.33. The van der Waals surface area contributed by atoms with Crippen LogP contribution in [0, 0.1) is 0 Å². The molecule has 0 aromatic heterocycles. The molecule has 1 fully saturated rings. The van der Waals surface area contributed by atoms with Gasteiger partial charge in [0.1, 0.15) is 0 Å². The zero-order chi connectivity index (χ0) is 10.8. The first-order chi connectivity index (χ1) is 6.33. The fourth-order valence-electron chi connectivity index (χ4n) is 1.40. The second-order valence-electron chi connectivity index (χ2n) is 4.31. The second-order valence-corrected chi connectivity index (χ2v) is 5.84. The van der Waals surface area contributed by atoms with Crippen LogP contribution in [0.3, 0.4) is 0 Å². The van der Waals surface area contributed by atoms with Crippen LogP contribution in [0.1, 0.15) is 33.1 Å². The van der Waals surface area contributed by atoms with Crippen LogP contribution in [0.5, 0.6) is 0 Å². The van der Waals surface area contributed by atoms with E-state index in [1.165, 1.54) is 0 Å². The number of halogens is 1. The molecule has 15 heavy (non-hydrogen) atoms. The van der Waals surface area contributed by atoms with Gasteiger partial charge < -0.3 is 5.73 Å². The Balaban J connectivity index is 0.00000196. The Morgan fingerprint density at radius 3 is 2.27 bits per heavy atom. The summed E-state index contributed by atoms with van der Waals surface area (Å²) in [7, 11) is -3.37. The van der Waals surface area contributed by atoms with E-state index < -0.39 is 10.2 Å². The molecular weight excluding hydrogens is 238 g/mol. The van der Waals surface area contributed by atoms with E-state index in [4.69, 9.17) is 5.73 Å². The molecule has 1 rings (SSSR count). The molecule has 0 radical (unpaired) electrons. The van der Waals surface area contributed by atoms with Crippen molar-refractivity contribution >= 4 is 22.6 Å². The standard InChI is InChI=1S/C8H19N3O2S.ClH/c1-7(2)11-14(12,13)10-6-8(9)4-3-5-8;/h7,10-11H,3-6,9H2,1-2H3;1H. The minimum Gasteiger partial charge on any atom is -0.324 e. The predicted molar refractivity (Wildman–Crippen MR) is 63.2 cm³/mol. The van der Waals surface area contributed by atoms with E-state index in [-0.39, 0.29) is 24.0 Å². The van der Waals surface area contributed by atoms with Gasteiger partial charge in [-0.25, -0.2) is 4.72 Å². The lowest BCUT2D eigenvalue weighted by atomic mass is 9.78. The van der Waals surface area contributed by atoms with Gasteiger partial charge in [-0.05, 0) is 33.1 Å². The maximum absolute atomic E-state index is 11.3. The first kappa shape index (κ1) is 15.1. The largest absolute Gasteiger partial charge is 0.324 e. The molecule has 1 aliphatic rings. The van der Waals surface area contributed by atoms with Crippen molar-refractivity contribution in [1.82, 2.24) is 9.44 Å². The predicted octanol–water partition coefficient (Wildman–Crippen LogP) is 0.122. The van der Waals surface area contributed by atoms with Crippen molar-refractivity contribution in [1.29, 1.82) is 0 Å². The molecule has 0 saturated heterocycles. The molecule has 4 N–H and O–H groups in total. The summed E-state index contributed by atoms with van der Waals surface area (Å²) in [5.41, 5.74) is 5.57. The third-order valence-electron chi connectivity index (χ3n) is 2.35. The van der Waals surface area contributed by atoms with Gasteiger partial charge in [-0.2, -0.15) is 13.1 Å². The summed E-state index contributed by atoms with van der Waals surface area (Å²) in [6, 6.07) is -0.0948. The zero-order valence-corrected chi connectivity index (χ0v) is 10.7. The first-order valence-corrected chi connectivity index (χ1v) is 6.37. The lowest BCUT2D eigenvalue weighted by Crippen LogP contribution is -2.56. The molecule has 0 spiro atoms. The quantitative estimate of drug-likeness (QED) is 0.654. The molecule has 0 unspecified atom stereocenters. The Kier molecular flexibility index (Phi) is 5.49. The van der Waals surface area contributed by atoms with Gasteiger partial charge in [-0.3, -0.25) is 0 Å². The summed E-state index contributed by atoms with van der Waals surface area (Å²) >= 11 is 0. The Labute approximate surface area is 97.8 Å². The van der Waals surface area contributed by atoms with Gasteiger partial charge in [0, 0.05) is 18.1 Å². The lowest BCUT2D eigenvalue weighted by molar-refractivity contribution is 0.250. The number of nitrogens with two attached hydrogens (primary N) is 1. The summed E-state index contributed by atoms with van der Waals surface area (Å²) < 4.78 is 27.6. The van der Waals surface area contributed by atoms with Crippen LogP contribution >= 0.6 is 12.4 Å². The number of hydrogen-bond acceptors (Lipinski definition) is 3. The van der Waals surface area contributed by atoms with Crippen LogP contribution in [-0.4, -0.2) is 26.5 Å². The summed E-state index contributed by atoms with van der Waals surface area (Å²) in [5.74, 6) is 0. The molecule has 0 heterocycles. The van der Waals surface area contributed by atoms with E-state index in [0.717, 1.165) is 19.3 Å². The summed E-state index contributed by atoms with van der Waals surface area (Å²) in [6.45, 7) is 3.89. The van der Waals surface area contributed by atoms with Gasteiger partial charge in [0.05, 0.1) is 0 Å². The monoisotopic (exact) mass is 257 g/mol. The zero-order valence-electron chi connectivity index (χ0n) is 9.12. The molecule has 0 aromatic carbocycles. The van der Waals surface area contributed by atoms with Gasteiger partial charge >= 0.3 is 0 Å². The van der Waals surface area contributed by atoms with Crippen molar-refractivity contribution in [3.63, 3.8) is 0 Å². The fraction of sp³-hybridized carbons (Fsp3) is 1.00. The molecular formula is C8H20ClN3O2S. The molecule has 92 valence electrons. The van der Waals surface area contributed by atoms with Crippen molar-refractivity contribution in [2.75, 3.05) is 6.54 Å². The first-order valence-electron chi connectivity index (χ1n) is 4.89. The van der Waals surface area contributed by atoms with Crippen LogP contribution in [0.25, 0.3) is 0 Å². The molecule has 0 aliphatic heterocycles. The third kappa shape index (κ3) is 5.12. The van der Waals surface area contributed by atoms with E-state index in [1.807, 2.05) is 0 Å². The van der Waals surface area contributed by atoms with Crippen LogP contribution in [-0.2, 0) is 10.2 Å². The highest BCUT2D eigenvalue weighted by Crippen LogP contribution is 2.28. The summed E-state index contributed by atoms with van der Waals surface area (Å²) in [6.07, 6.45) is 2.89. The van der Waals surface area contributed by atoms with Crippen molar-refractivity contribution in [3.05, 3.63) is 0 Å². The average molecular weight is 258 g/mol. The number of rotatable bonds is 5. The van der Waals surface area contributed by atoms with Crippen LogP contribution in [0.2, 0.25) is 0 Å². The van der Waals surface area contributed by atoms with Crippen molar-refractivity contribution in [2.24, 2.45) is 5.73 Å². The molecule has 0 bridgehead atoms. The van der Waals surface area contributed by atoms with Crippen molar-refractivity contribution in [2.45, 2.75) is 44.7 Å². The summed E-state index contributed by atoms with van der Waals surface area (Å²) in [5, 5.41) is 0. The smallest absolute Gasteiger partial charge is 0.277 e. The molecule has 5 nitrogen and oxygen atoms in total. The van der Waals surface area contributed by atoms with E-state index in [9.17, 15) is 8.42 Å². The second kappa shape index (κ2) is 5.45. The number of nitrogens with one attached hydrogen (secondary N) is 2. The Morgan fingerprint density at radius 1 is 1.40 bits per heavy atom. The van der Waals surface area contributed by atoms with Gasteiger partial charge in [-0.15, -0.1) is 12.4 Å².